The Morgan fingerprint density at radius 3 is 2.77 bits per heavy atom. The molecule has 2 aliphatic heterocycles. The summed E-state index contributed by atoms with van der Waals surface area (Å²) in [5, 5.41) is 18.2. The second-order valence-electron chi connectivity index (χ2n) is 8.17. The van der Waals surface area contributed by atoms with Gasteiger partial charge in [-0.2, -0.15) is 5.10 Å². The maximum atomic E-state index is 12.7. The van der Waals surface area contributed by atoms with E-state index in [1.54, 1.807) is 18.5 Å². The molecule has 9 heteroatoms. The molecule has 2 saturated heterocycles. The Bertz CT molecular complexity index is 1130. The Morgan fingerprint density at radius 1 is 1.27 bits per heavy atom. The molecule has 0 aromatic carbocycles. The number of nitrogens with zero attached hydrogens (tertiary/aromatic N) is 5. The lowest BCUT2D eigenvalue weighted by atomic mass is 9.90. The van der Waals surface area contributed by atoms with Crippen LogP contribution in [0.2, 0.25) is 0 Å². The van der Waals surface area contributed by atoms with Crippen LogP contribution < -0.4 is 10.5 Å². The summed E-state index contributed by atoms with van der Waals surface area (Å²) in [6.07, 6.45) is 3.67. The van der Waals surface area contributed by atoms with Crippen molar-refractivity contribution in [3.05, 3.63) is 58.0 Å². The molecule has 0 unspecified atom stereocenters. The molecule has 9 nitrogen and oxygen atoms in total. The predicted octanol–water partition coefficient (Wildman–Crippen LogP) is 1.30. The van der Waals surface area contributed by atoms with Crippen LogP contribution in [0.25, 0.3) is 11.3 Å². The van der Waals surface area contributed by atoms with Gasteiger partial charge in [-0.05, 0) is 26.0 Å². The van der Waals surface area contributed by atoms with Crippen LogP contribution in [0.5, 0.6) is 0 Å². The van der Waals surface area contributed by atoms with Crippen molar-refractivity contribution in [3.63, 3.8) is 0 Å². The van der Waals surface area contributed by atoms with E-state index in [1.165, 1.54) is 4.68 Å². The molecule has 0 amide bonds. The fourth-order valence-corrected chi connectivity index (χ4v) is 4.15. The van der Waals surface area contributed by atoms with E-state index < -0.39 is 6.10 Å². The molecular weight excluding hydrogens is 386 g/mol. The van der Waals surface area contributed by atoms with Gasteiger partial charge in [-0.15, -0.1) is 0 Å². The molecule has 1 spiro atoms. The Hall–Kier alpha value is -3.04. The SMILES string of the molecule is Cc1ccc(-c2noc(C)c2Cn2ncc(N3CC4(C[C@@H](O)CO4)C3)cc2=O)cn1. The van der Waals surface area contributed by atoms with Gasteiger partial charge in [0.1, 0.15) is 17.1 Å². The standard InChI is InChI=1S/C21H23N5O4/c1-13-3-4-15(7-22-13)20-18(14(2)30-24-20)9-26-19(28)5-16(8-23-26)25-11-21(12-25)6-17(27)10-29-21/h3-5,7-8,17,27H,6,9-12H2,1-2H3/t17-/m1/s1. The Morgan fingerprint density at radius 2 is 2.10 bits per heavy atom. The van der Waals surface area contributed by atoms with Crippen LogP contribution in [0.15, 0.2) is 39.9 Å². The highest BCUT2D eigenvalue weighted by molar-refractivity contribution is 5.62. The normalized spacial score (nSPS) is 20.0. The Balaban J connectivity index is 1.35. The minimum atomic E-state index is -0.400. The van der Waals surface area contributed by atoms with Gasteiger partial charge >= 0.3 is 0 Å². The number of aryl methyl sites for hydroxylation is 2. The number of pyridine rings is 1. The molecular formula is C21H23N5O4. The van der Waals surface area contributed by atoms with Crippen LogP contribution in [0.4, 0.5) is 5.69 Å². The molecule has 5 heterocycles. The third-order valence-electron chi connectivity index (χ3n) is 5.85. The van der Waals surface area contributed by atoms with Crippen molar-refractivity contribution in [2.24, 2.45) is 0 Å². The molecule has 3 aromatic rings. The lowest BCUT2D eigenvalue weighted by molar-refractivity contribution is -0.0200. The maximum Gasteiger partial charge on any atom is 0.269 e. The highest BCUT2D eigenvalue weighted by Crippen LogP contribution is 2.37. The summed E-state index contributed by atoms with van der Waals surface area (Å²) in [5.74, 6) is 0.643. The van der Waals surface area contributed by atoms with Crippen LogP contribution in [0, 0.1) is 13.8 Å². The van der Waals surface area contributed by atoms with Crippen molar-refractivity contribution in [1.82, 2.24) is 19.9 Å². The first-order valence-electron chi connectivity index (χ1n) is 9.95. The highest BCUT2D eigenvalue weighted by atomic mass is 16.5. The second kappa shape index (κ2) is 7.03. The molecule has 30 heavy (non-hydrogen) atoms. The van der Waals surface area contributed by atoms with Gasteiger partial charge in [-0.1, -0.05) is 5.16 Å². The lowest BCUT2D eigenvalue weighted by Gasteiger charge is -2.48. The summed E-state index contributed by atoms with van der Waals surface area (Å²) >= 11 is 0. The van der Waals surface area contributed by atoms with Crippen molar-refractivity contribution in [2.45, 2.75) is 38.5 Å². The smallest absolute Gasteiger partial charge is 0.269 e. The fourth-order valence-electron chi connectivity index (χ4n) is 4.15. The van der Waals surface area contributed by atoms with E-state index in [4.69, 9.17) is 9.26 Å². The second-order valence-corrected chi connectivity index (χ2v) is 8.17. The average Bonchev–Trinajstić information content (AvgIpc) is 3.26. The minimum Gasteiger partial charge on any atom is -0.391 e. The van der Waals surface area contributed by atoms with Crippen LogP contribution in [-0.2, 0) is 11.3 Å². The number of aliphatic hydroxyl groups excluding tert-OH is 1. The van der Waals surface area contributed by atoms with Gasteiger partial charge in [0.05, 0.1) is 31.1 Å². The molecule has 1 N–H and O–H groups in total. The first-order valence-corrected chi connectivity index (χ1v) is 9.95. The number of aliphatic hydroxyl groups is 1. The van der Waals surface area contributed by atoms with E-state index >= 15 is 0 Å². The zero-order valence-electron chi connectivity index (χ0n) is 16.9. The maximum absolute atomic E-state index is 12.7. The predicted molar refractivity (Wildman–Crippen MR) is 108 cm³/mol. The highest BCUT2D eigenvalue weighted by Gasteiger charge is 2.49. The van der Waals surface area contributed by atoms with E-state index in [9.17, 15) is 9.90 Å². The topological polar surface area (TPSA) is 107 Å². The monoisotopic (exact) mass is 409 g/mol. The van der Waals surface area contributed by atoms with Crippen LogP contribution in [0.3, 0.4) is 0 Å². The number of aromatic nitrogens is 4. The molecule has 5 rings (SSSR count). The van der Waals surface area contributed by atoms with Gasteiger partial charge in [-0.25, -0.2) is 4.68 Å². The van der Waals surface area contributed by atoms with Crippen LogP contribution in [0.1, 0.15) is 23.4 Å². The summed E-state index contributed by atoms with van der Waals surface area (Å²) in [4.78, 5) is 19.1. The Kier molecular flexibility index (Phi) is 4.44. The first-order chi connectivity index (χ1) is 14.4. The zero-order valence-corrected chi connectivity index (χ0v) is 16.9. The fraction of sp³-hybridized carbons (Fsp3) is 0.429. The molecule has 0 aliphatic carbocycles. The number of anilines is 1. The van der Waals surface area contributed by atoms with E-state index in [2.05, 4.69) is 15.2 Å². The van der Waals surface area contributed by atoms with Crippen molar-refractivity contribution < 1.29 is 14.4 Å². The largest absolute Gasteiger partial charge is 0.391 e. The van der Waals surface area contributed by atoms with Gasteiger partial charge in [0.15, 0.2) is 0 Å². The summed E-state index contributed by atoms with van der Waals surface area (Å²) in [5.41, 5.74) is 3.50. The molecule has 0 radical (unpaired) electrons. The third-order valence-corrected chi connectivity index (χ3v) is 5.85. The number of rotatable bonds is 4. The molecule has 2 aliphatic rings. The third kappa shape index (κ3) is 3.29. The van der Waals surface area contributed by atoms with Crippen LogP contribution in [-0.4, -0.2) is 56.4 Å². The summed E-state index contributed by atoms with van der Waals surface area (Å²) < 4.78 is 12.5. The van der Waals surface area contributed by atoms with E-state index in [0.29, 0.717) is 37.6 Å². The van der Waals surface area contributed by atoms with Gasteiger partial charge < -0.3 is 19.3 Å². The lowest BCUT2D eigenvalue weighted by Crippen LogP contribution is -2.62. The van der Waals surface area contributed by atoms with Crippen molar-refractivity contribution in [2.75, 3.05) is 24.6 Å². The number of hydrogen-bond acceptors (Lipinski definition) is 8. The zero-order chi connectivity index (χ0) is 20.9. The number of ether oxygens (including phenoxy) is 1. The van der Waals surface area contributed by atoms with Crippen molar-refractivity contribution in [1.29, 1.82) is 0 Å². The number of hydrogen-bond donors (Lipinski definition) is 1. The molecule has 0 bridgehead atoms. The average molecular weight is 409 g/mol. The van der Waals surface area contributed by atoms with Crippen LogP contribution >= 0.6 is 0 Å². The molecule has 2 fully saturated rings. The van der Waals surface area contributed by atoms with Crippen molar-refractivity contribution in [3.8, 4) is 11.3 Å². The summed E-state index contributed by atoms with van der Waals surface area (Å²) in [6.45, 7) is 5.70. The van der Waals surface area contributed by atoms with Gasteiger partial charge in [0, 0.05) is 48.6 Å². The molecule has 1 atom stereocenters. The molecule has 3 aromatic heterocycles. The summed E-state index contributed by atoms with van der Waals surface area (Å²) in [7, 11) is 0. The minimum absolute atomic E-state index is 0.200. The molecule has 0 saturated carbocycles. The van der Waals surface area contributed by atoms with Gasteiger partial charge in [0.2, 0.25) is 0 Å². The summed E-state index contributed by atoms with van der Waals surface area (Å²) in [6, 6.07) is 5.43. The first kappa shape index (κ1) is 19.0. The van der Waals surface area contributed by atoms with E-state index in [0.717, 1.165) is 22.5 Å². The Labute approximate surface area is 172 Å². The quantitative estimate of drug-likeness (QED) is 0.687. The van der Waals surface area contributed by atoms with Crippen molar-refractivity contribution >= 4 is 5.69 Å². The molecule has 156 valence electrons. The van der Waals surface area contributed by atoms with Gasteiger partial charge in [-0.3, -0.25) is 9.78 Å². The van der Waals surface area contributed by atoms with E-state index in [-0.39, 0.29) is 17.7 Å². The van der Waals surface area contributed by atoms with E-state index in [1.807, 2.05) is 30.9 Å². The van der Waals surface area contributed by atoms with Gasteiger partial charge in [0.25, 0.3) is 5.56 Å².